The van der Waals surface area contributed by atoms with Crippen molar-refractivity contribution in [2.24, 2.45) is 69.0 Å². The van der Waals surface area contributed by atoms with Crippen LogP contribution in [-0.4, -0.2) is 23.9 Å². The molecule has 386 valence electrons. The summed E-state index contributed by atoms with van der Waals surface area (Å²) in [5, 5.41) is 0. The second-order valence-corrected chi connectivity index (χ2v) is 26.2. The minimum atomic E-state index is -0.839. The number of carbonyl (C=O) groups excluding carboxylic acids is 2. The van der Waals surface area contributed by atoms with E-state index in [0.717, 1.165) is 150 Å². The van der Waals surface area contributed by atoms with Crippen LogP contribution < -0.4 is 0 Å². The number of halogens is 2. The van der Waals surface area contributed by atoms with Crippen LogP contribution in [0.4, 0.5) is 8.78 Å². The highest BCUT2D eigenvalue weighted by atomic mass is 19.1. The average molecular weight is 936 g/mol. The van der Waals surface area contributed by atoms with E-state index in [-0.39, 0.29) is 0 Å². The van der Waals surface area contributed by atoms with E-state index < -0.39 is 34.0 Å². The molecule has 8 fully saturated rings. The van der Waals surface area contributed by atoms with E-state index in [1.807, 2.05) is 0 Å². The van der Waals surface area contributed by atoms with Crippen LogP contribution >= 0.6 is 0 Å². The summed E-state index contributed by atoms with van der Waals surface area (Å²) in [6.45, 7) is 9.10. The molecular weight excluding hydrogens is 827 g/mol. The van der Waals surface area contributed by atoms with Gasteiger partial charge in [-0.05, 0) is 176 Å². The maximum absolute atomic E-state index is 15.9. The van der Waals surface area contributed by atoms with Crippen LogP contribution in [0.3, 0.4) is 0 Å². The Morgan fingerprint density at radius 3 is 0.806 bits per heavy atom. The standard InChI is InChI=1S/C32H55FO.C31H53FO/c1-3-5-7-9-11-25-13-15-27(16-14-25)28-19-23-32(24-20-28)29(33)31(30(32)34)21-17-26(18-22-31)12-10-8-6-4-2;1-3-5-7-9-11-24-12-14-26(15-13-24)27-18-22-31(23-19-27)28(32)30(29(31)33)20-16-25(17-21-30)10-8-6-4-2/h25-29H,3-24H2,1-2H3;24-28H,3-23H2,1-2H3/t25?,26?,27?,28?,29-,31?,32?;24?,25?,26?,27?,28-,30?,31?/m11/s1. The second kappa shape index (κ2) is 25.7. The quantitative estimate of drug-likeness (QED) is 0.108. The Kier molecular flexibility index (Phi) is 20.7. The van der Waals surface area contributed by atoms with Crippen molar-refractivity contribution in [3.8, 4) is 0 Å². The molecule has 0 aromatic rings. The lowest BCUT2D eigenvalue weighted by atomic mass is 9.41. The lowest BCUT2D eigenvalue weighted by molar-refractivity contribution is -0.194. The predicted molar refractivity (Wildman–Crippen MR) is 279 cm³/mol. The first-order chi connectivity index (χ1) is 32.6. The Morgan fingerprint density at radius 2 is 0.537 bits per heavy atom. The van der Waals surface area contributed by atoms with Gasteiger partial charge in [-0.25, -0.2) is 8.78 Å². The van der Waals surface area contributed by atoms with Gasteiger partial charge in [-0.15, -0.1) is 0 Å². The van der Waals surface area contributed by atoms with Crippen LogP contribution in [0.1, 0.15) is 304 Å². The summed E-state index contributed by atoms with van der Waals surface area (Å²) in [5.74, 6) is 7.40. The highest BCUT2D eigenvalue weighted by Gasteiger charge is 2.73. The summed E-state index contributed by atoms with van der Waals surface area (Å²) >= 11 is 0. The van der Waals surface area contributed by atoms with Gasteiger partial charge in [0.05, 0.1) is 21.7 Å². The van der Waals surface area contributed by atoms with Crippen LogP contribution in [0.2, 0.25) is 0 Å². The van der Waals surface area contributed by atoms with Gasteiger partial charge in [0.15, 0.2) is 11.6 Å². The molecule has 8 aliphatic rings. The first-order valence-corrected chi connectivity index (χ1v) is 31.0. The molecule has 0 radical (unpaired) electrons. The molecule has 4 heteroatoms. The molecule has 0 aromatic carbocycles. The number of Topliss-reactive ketones (excluding diaryl/α,β-unsaturated/α-hetero) is 2. The lowest BCUT2D eigenvalue weighted by Gasteiger charge is -2.61. The number of carbonyl (C=O) groups is 2. The molecule has 2 atom stereocenters. The molecule has 0 aliphatic heterocycles. The van der Waals surface area contributed by atoms with Crippen molar-refractivity contribution in [2.45, 2.75) is 316 Å². The summed E-state index contributed by atoms with van der Waals surface area (Å²) in [4.78, 5) is 27.1. The van der Waals surface area contributed by atoms with Crippen molar-refractivity contribution < 1.29 is 18.4 Å². The van der Waals surface area contributed by atoms with E-state index >= 15 is 8.78 Å². The second-order valence-electron chi connectivity index (χ2n) is 26.2. The van der Waals surface area contributed by atoms with E-state index in [9.17, 15) is 9.59 Å². The summed E-state index contributed by atoms with van der Waals surface area (Å²) in [6, 6.07) is 0. The van der Waals surface area contributed by atoms with Crippen molar-refractivity contribution in [3.63, 3.8) is 0 Å². The lowest BCUT2D eigenvalue weighted by Crippen LogP contribution is -2.69. The number of hydrogen-bond donors (Lipinski definition) is 0. The largest absolute Gasteiger partial charge is 0.298 e. The van der Waals surface area contributed by atoms with Crippen molar-refractivity contribution in [1.82, 2.24) is 0 Å². The molecule has 8 saturated carbocycles. The molecule has 0 N–H and O–H groups in total. The molecule has 2 nitrogen and oxygen atoms in total. The molecule has 0 aromatic heterocycles. The third-order valence-electron chi connectivity index (χ3n) is 22.3. The average Bonchev–Trinajstić information content (AvgIpc) is 3.38. The minimum Gasteiger partial charge on any atom is -0.298 e. The smallest absolute Gasteiger partial charge is 0.151 e. The van der Waals surface area contributed by atoms with Gasteiger partial charge in [0.1, 0.15) is 12.3 Å². The van der Waals surface area contributed by atoms with Gasteiger partial charge in [-0.1, -0.05) is 175 Å². The molecule has 67 heavy (non-hydrogen) atoms. The van der Waals surface area contributed by atoms with Crippen molar-refractivity contribution in [3.05, 3.63) is 0 Å². The zero-order valence-electron chi connectivity index (χ0n) is 44.8. The Balaban J connectivity index is 0.000000199. The van der Waals surface area contributed by atoms with Crippen molar-refractivity contribution in [1.29, 1.82) is 0 Å². The van der Waals surface area contributed by atoms with E-state index in [1.54, 1.807) is 0 Å². The summed E-state index contributed by atoms with van der Waals surface area (Å²) in [6.07, 6.45) is 51.1. The van der Waals surface area contributed by atoms with Gasteiger partial charge >= 0.3 is 0 Å². The zero-order valence-corrected chi connectivity index (χ0v) is 44.8. The van der Waals surface area contributed by atoms with Gasteiger partial charge in [-0.2, -0.15) is 0 Å². The van der Waals surface area contributed by atoms with E-state index in [2.05, 4.69) is 27.7 Å². The first-order valence-electron chi connectivity index (χ1n) is 31.0. The normalized spacial score (nSPS) is 41.0. The SMILES string of the molecule is CCCCCCC1CCC(C2CCC3(CC2)C(=O)C2(CCC(CCCCC)CC2)[C@H]3F)CC1.CCCCCCC1CCC(C2CCC3(CC2)C(=O)C2(CCC(CCCCCC)CC2)[C@H]3F)CC1. The third kappa shape index (κ3) is 12.2. The molecule has 8 aliphatic carbocycles. The van der Waals surface area contributed by atoms with E-state index in [4.69, 9.17) is 0 Å². The van der Waals surface area contributed by atoms with Crippen molar-refractivity contribution in [2.75, 3.05) is 0 Å². The molecule has 0 amide bonds. The fourth-order valence-electron chi connectivity index (χ4n) is 17.7. The molecule has 8 rings (SSSR count). The van der Waals surface area contributed by atoms with Crippen LogP contribution in [0.5, 0.6) is 0 Å². The molecule has 4 spiro atoms. The Labute approximate surface area is 413 Å². The van der Waals surface area contributed by atoms with Gasteiger partial charge in [0.25, 0.3) is 0 Å². The molecule has 0 bridgehead atoms. The fraction of sp³-hybridized carbons (Fsp3) is 0.968. The summed E-state index contributed by atoms with van der Waals surface area (Å²) < 4.78 is 31.8. The van der Waals surface area contributed by atoms with Gasteiger partial charge < -0.3 is 0 Å². The number of hydrogen-bond acceptors (Lipinski definition) is 2. The number of ketones is 2. The molecule has 0 saturated heterocycles. The molecule has 0 unspecified atom stereocenters. The maximum atomic E-state index is 15.9. The Morgan fingerprint density at radius 1 is 0.313 bits per heavy atom. The van der Waals surface area contributed by atoms with Crippen molar-refractivity contribution >= 4 is 11.6 Å². The monoisotopic (exact) mass is 935 g/mol. The topological polar surface area (TPSA) is 34.1 Å². The predicted octanol–water partition coefficient (Wildman–Crippen LogP) is 19.6. The van der Waals surface area contributed by atoms with Gasteiger partial charge in [0, 0.05) is 0 Å². The van der Waals surface area contributed by atoms with Crippen LogP contribution in [-0.2, 0) is 9.59 Å². The third-order valence-corrected chi connectivity index (χ3v) is 22.3. The fourth-order valence-corrected chi connectivity index (χ4v) is 17.7. The molecular formula is C63H108F2O2. The minimum absolute atomic E-state index is 0.365. The van der Waals surface area contributed by atoms with E-state index in [0.29, 0.717) is 11.6 Å². The summed E-state index contributed by atoms with van der Waals surface area (Å²) in [5.41, 5.74) is -2.27. The number of unbranched alkanes of at least 4 members (excludes halogenated alkanes) is 11. The zero-order chi connectivity index (χ0) is 47.3. The maximum Gasteiger partial charge on any atom is 0.151 e. The Bertz CT molecular complexity index is 1440. The number of rotatable bonds is 21. The first kappa shape index (κ1) is 54.0. The van der Waals surface area contributed by atoms with Crippen LogP contribution in [0, 0.1) is 69.0 Å². The Hall–Kier alpha value is -0.800. The molecule has 0 heterocycles. The van der Waals surface area contributed by atoms with Crippen LogP contribution in [0.25, 0.3) is 0 Å². The number of alkyl halides is 2. The highest BCUT2D eigenvalue weighted by molar-refractivity contribution is 5.99. The van der Waals surface area contributed by atoms with Gasteiger partial charge in [0.2, 0.25) is 0 Å². The highest BCUT2D eigenvalue weighted by Crippen LogP contribution is 2.68. The van der Waals surface area contributed by atoms with Crippen LogP contribution in [0.15, 0.2) is 0 Å². The van der Waals surface area contributed by atoms with E-state index in [1.165, 1.54) is 173 Å². The van der Waals surface area contributed by atoms with Gasteiger partial charge in [-0.3, -0.25) is 9.59 Å². The summed E-state index contributed by atoms with van der Waals surface area (Å²) in [7, 11) is 0.